The maximum absolute atomic E-state index is 9.55. The van der Waals surface area contributed by atoms with E-state index in [-0.39, 0.29) is 12.5 Å². The van der Waals surface area contributed by atoms with Crippen LogP contribution in [0, 0.1) is 11.8 Å². The monoisotopic (exact) mass is 305 g/mol. The van der Waals surface area contributed by atoms with Crippen molar-refractivity contribution in [2.24, 2.45) is 11.8 Å². The third-order valence-corrected chi connectivity index (χ3v) is 4.61. The molecule has 92 valence electrons. The normalized spacial score (nSPS) is 15.8. The van der Waals surface area contributed by atoms with Gasteiger partial charge in [-0.1, -0.05) is 13.8 Å². The zero-order chi connectivity index (χ0) is 12.3. The van der Waals surface area contributed by atoms with Crippen LogP contribution in [0.1, 0.15) is 24.8 Å². The average Bonchev–Trinajstić information content (AvgIpc) is 2.59. The standard InChI is InChI=1S/C12H20BrNOS/c1-8(2)9(7-15)12(14(3)4)10-5-6-11(13)16-10/h5-6,8-9,12,15H,7H2,1-4H3. The first-order valence-electron chi connectivity index (χ1n) is 5.50. The van der Waals surface area contributed by atoms with Crippen LogP contribution >= 0.6 is 27.3 Å². The molecule has 1 aromatic rings. The number of thiophene rings is 1. The van der Waals surface area contributed by atoms with Gasteiger partial charge in [-0.2, -0.15) is 0 Å². The fourth-order valence-corrected chi connectivity index (χ4v) is 3.71. The highest BCUT2D eigenvalue weighted by atomic mass is 79.9. The molecule has 0 saturated heterocycles. The molecule has 0 fully saturated rings. The van der Waals surface area contributed by atoms with Crippen molar-refractivity contribution in [3.8, 4) is 0 Å². The van der Waals surface area contributed by atoms with Crippen LogP contribution in [0.5, 0.6) is 0 Å². The molecule has 0 amide bonds. The van der Waals surface area contributed by atoms with Crippen LogP contribution in [-0.2, 0) is 0 Å². The topological polar surface area (TPSA) is 23.5 Å². The molecule has 0 saturated carbocycles. The second-order valence-electron chi connectivity index (χ2n) is 4.64. The van der Waals surface area contributed by atoms with E-state index >= 15 is 0 Å². The van der Waals surface area contributed by atoms with Crippen LogP contribution in [0.3, 0.4) is 0 Å². The number of aliphatic hydroxyl groups is 1. The van der Waals surface area contributed by atoms with Gasteiger partial charge in [-0.05, 0) is 48.1 Å². The minimum Gasteiger partial charge on any atom is -0.396 e. The summed E-state index contributed by atoms with van der Waals surface area (Å²) in [4.78, 5) is 3.50. The molecule has 0 radical (unpaired) electrons. The Morgan fingerprint density at radius 2 is 2.00 bits per heavy atom. The van der Waals surface area contributed by atoms with E-state index in [1.165, 1.54) is 4.88 Å². The van der Waals surface area contributed by atoms with Gasteiger partial charge >= 0.3 is 0 Å². The van der Waals surface area contributed by atoms with Crippen molar-refractivity contribution < 1.29 is 5.11 Å². The molecule has 1 rings (SSSR count). The molecule has 0 bridgehead atoms. The number of hydrogen-bond acceptors (Lipinski definition) is 3. The average molecular weight is 306 g/mol. The van der Waals surface area contributed by atoms with Gasteiger partial charge in [-0.3, -0.25) is 0 Å². The van der Waals surface area contributed by atoms with Crippen LogP contribution in [-0.4, -0.2) is 30.7 Å². The van der Waals surface area contributed by atoms with Crippen LogP contribution in [0.4, 0.5) is 0 Å². The summed E-state index contributed by atoms with van der Waals surface area (Å²) in [7, 11) is 4.15. The third-order valence-electron chi connectivity index (χ3n) is 2.91. The SMILES string of the molecule is CC(C)C(CO)C(c1ccc(Br)s1)N(C)C. The molecule has 4 heteroatoms. The van der Waals surface area contributed by atoms with Gasteiger partial charge in [0, 0.05) is 23.4 Å². The van der Waals surface area contributed by atoms with Crippen LogP contribution < -0.4 is 0 Å². The van der Waals surface area contributed by atoms with Gasteiger partial charge in [0.2, 0.25) is 0 Å². The first-order chi connectivity index (χ1) is 7.47. The van der Waals surface area contributed by atoms with Gasteiger partial charge in [0.1, 0.15) is 0 Å². The highest BCUT2D eigenvalue weighted by molar-refractivity contribution is 9.11. The van der Waals surface area contributed by atoms with Gasteiger partial charge in [-0.15, -0.1) is 11.3 Å². The maximum atomic E-state index is 9.55. The Balaban J connectivity index is 2.98. The second kappa shape index (κ2) is 6.15. The minimum absolute atomic E-state index is 0.232. The fraction of sp³-hybridized carbons (Fsp3) is 0.667. The smallest absolute Gasteiger partial charge is 0.0701 e. The molecule has 0 aliphatic rings. The molecular formula is C12H20BrNOS. The Morgan fingerprint density at radius 3 is 2.31 bits per heavy atom. The summed E-state index contributed by atoms with van der Waals surface area (Å²) in [6, 6.07) is 4.51. The Morgan fingerprint density at radius 1 is 1.38 bits per heavy atom. The quantitative estimate of drug-likeness (QED) is 0.901. The van der Waals surface area contributed by atoms with Crippen molar-refractivity contribution >= 4 is 27.3 Å². The van der Waals surface area contributed by atoms with Crippen molar-refractivity contribution in [3.05, 3.63) is 20.8 Å². The number of aliphatic hydroxyl groups excluding tert-OH is 1. The molecule has 1 aromatic heterocycles. The summed E-state index contributed by atoms with van der Waals surface area (Å²) in [5.41, 5.74) is 0. The van der Waals surface area contributed by atoms with E-state index in [0.29, 0.717) is 12.0 Å². The zero-order valence-corrected chi connectivity index (χ0v) is 12.7. The van der Waals surface area contributed by atoms with Crippen LogP contribution in [0.25, 0.3) is 0 Å². The van der Waals surface area contributed by atoms with Gasteiger partial charge in [-0.25, -0.2) is 0 Å². The van der Waals surface area contributed by atoms with E-state index < -0.39 is 0 Å². The summed E-state index contributed by atoms with van der Waals surface area (Å²) in [6.07, 6.45) is 0. The molecule has 0 aliphatic heterocycles. The molecule has 2 nitrogen and oxygen atoms in total. The predicted molar refractivity (Wildman–Crippen MR) is 73.9 cm³/mol. The lowest BCUT2D eigenvalue weighted by molar-refractivity contribution is 0.102. The maximum Gasteiger partial charge on any atom is 0.0701 e. The van der Waals surface area contributed by atoms with Crippen molar-refractivity contribution in [2.45, 2.75) is 19.9 Å². The second-order valence-corrected chi connectivity index (χ2v) is 7.14. The van der Waals surface area contributed by atoms with Gasteiger partial charge in [0.05, 0.1) is 3.79 Å². The Labute approximate surface area is 110 Å². The first-order valence-corrected chi connectivity index (χ1v) is 7.10. The van der Waals surface area contributed by atoms with Crippen LogP contribution in [0.2, 0.25) is 0 Å². The first kappa shape index (κ1) is 14.2. The molecule has 0 spiro atoms. The Bertz CT molecular complexity index is 325. The molecule has 0 aliphatic carbocycles. The van der Waals surface area contributed by atoms with E-state index in [9.17, 15) is 5.11 Å². The molecule has 16 heavy (non-hydrogen) atoms. The lowest BCUT2D eigenvalue weighted by Crippen LogP contribution is -2.32. The molecule has 0 aromatic carbocycles. The highest BCUT2D eigenvalue weighted by Crippen LogP contribution is 2.37. The Hall–Kier alpha value is 0.1000. The Kier molecular flexibility index (Phi) is 5.44. The fourth-order valence-electron chi connectivity index (χ4n) is 2.01. The lowest BCUT2D eigenvalue weighted by Gasteiger charge is -2.33. The third kappa shape index (κ3) is 3.29. The van der Waals surface area contributed by atoms with E-state index in [1.54, 1.807) is 11.3 Å². The van der Waals surface area contributed by atoms with Crippen molar-refractivity contribution in [2.75, 3.05) is 20.7 Å². The van der Waals surface area contributed by atoms with Gasteiger partial charge in [0.25, 0.3) is 0 Å². The summed E-state index contributed by atoms with van der Waals surface area (Å²) in [5.74, 6) is 0.749. The number of nitrogens with zero attached hydrogens (tertiary/aromatic N) is 1. The molecule has 2 atom stereocenters. The summed E-state index contributed by atoms with van der Waals surface area (Å²) in [5, 5.41) is 9.55. The summed E-state index contributed by atoms with van der Waals surface area (Å²) < 4.78 is 1.15. The summed E-state index contributed by atoms with van der Waals surface area (Å²) >= 11 is 5.24. The van der Waals surface area contributed by atoms with E-state index in [4.69, 9.17) is 0 Å². The van der Waals surface area contributed by atoms with Crippen LogP contribution in [0.15, 0.2) is 15.9 Å². The lowest BCUT2D eigenvalue weighted by atomic mass is 9.87. The van der Waals surface area contributed by atoms with Crippen molar-refractivity contribution in [1.82, 2.24) is 4.90 Å². The van der Waals surface area contributed by atoms with Crippen molar-refractivity contribution in [1.29, 1.82) is 0 Å². The minimum atomic E-state index is 0.232. The predicted octanol–water partition coefficient (Wildman–Crippen LogP) is 3.38. The zero-order valence-electron chi connectivity index (χ0n) is 10.3. The van der Waals surface area contributed by atoms with E-state index in [0.717, 1.165) is 3.79 Å². The summed E-state index contributed by atoms with van der Waals surface area (Å²) in [6.45, 7) is 4.57. The largest absolute Gasteiger partial charge is 0.396 e. The highest BCUT2D eigenvalue weighted by Gasteiger charge is 2.28. The molecule has 2 unspecified atom stereocenters. The van der Waals surface area contributed by atoms with E-state index in [1.807, 2.05) is 0 Å². The van der Waals surface area contributed by atoms with E-state index in [2.05, 4.69) is 60.9 Å². The van der Waals surface area contributed by atoms with Gasteiger partial charge in [0.15, 0.2) is 0 Å². The molecule has 1 N–H and O–H groups in total. The number of hydrogen-bond donors (Lipinski definition) is 1. The molecular weight excluding hydrogens is 286 g/mol. The molecule has 1 heterocycles. The van der Waals surface area contributed by atoms with Crippen molar-refractivity contribution in [3.63, 3.8) is 0 Å². The van der Waals surface area contributed by atoms with Gasteiger partial charge < -0.3 is 10.0 Å². The number of halogens is 1. The number of rotatable bonds is 5.